The molecular weight excluding hydrogens is 240 g/mol. The van der Waals surface area contributed by atoms with Crippen LogP contribution in [-0.4, -0.2) is 56.8 Å². The predicted molar refractivity (Wildman–Crippen MR) is 78.3 cm³/mol. The Kier molecular flexibility index (Phi) is 5.05. The van der Waals surface area contributed by atoms with Gasteiger partial charge in [0, 0.05) is 25.3 Å². The Labute approximate surface area is 116 Å². The van der Waals surface area contributed by atoms with E-state index in [4.69, 9.17) is 10.5 Å². The maximum absolute atomic E-state index is 5.97. The highest BCUT2D eigenvalue weighted by atomic mass is 16.5. The summed E-state index contributed by atoms with van der Waals surface area (Å²) in [5.41, 5.74) is 6.08. The summed E-state index contributed by atoms with van der Waals surface area (Å²) in [4.78, 5) is 6.83. The van der Waals surface area contributed by atoms with E-state index in [1.54, 1.807) is 0 Å². The molecule has 0 unspecified atom stereocenters. The molecule has 5 heteroatoms. The summed E-state index contributed by atoms with van der Waals surface area (Å²) in [6, 6.07) is 0. The minimum absolute atomic E-state index is 0.112. The lowest BCUT2D eigenvalue weighted by atomic mass is 9.85. The third-order valence-electron chi connectivity index (χ3n) is 4.71. The fourth-order valence-electron chi connectivity index (χ4n) is 2.73. The normalized spacial score (nSPS) is 24.3. The highest BCUT2D eigenvalue weighted by Gasteiger charge is 2.34. The number of rotatable bonds is 5. The van der Waals surface area contributed by atoms with Gasteiger partial charge in [0.25, 0.3) is 0 Å². The van der Waals surface area contributed by atoms with Crippen LogP contribution in [-0.2, 0) is 4.74 Å². The topological polar surface area (TPSA) is 62.9 Å². The highest BCUT2D eigenvalue weighted by molar-refractivity contribution is 5.77. The van der Waals surface area contributed by atoms with E-state index >= 15 is 0 Å². The first kappa shape index (κ1) is 14.6. The van der Waals surface area contributed by atoms with Gasteiger partial charge in [-0.25, -0.2) is 0 Å². The molecule has 0 amide bonds. The summed E-state index contributed by atoms with van der Waals surface area (Å²) in [5, 5.41) is 3.26. The van der Waals surface area contributed by atoms with E-state index in [-0.39, 0.29) is 5.54 Å². The van der Waals surface area contributed by atoms with Crippen molar-refractivity contribution in [2.45, 2.75) is 37.6 Å². The molecule has 110 valence electrons. The molecule has 2 aliphatic rings. The van der Waals surface area contributed by atoms with Crippen molar-refractivity contribution in [3.8, 4) is 0 Å². The van der Waals surface area contributed by atoms with E-state index in [1.165, 1.54) is 19.3 Å². The zero-order chi connectivity index (χ0) is 13.7. The molecule has 0 aromatic heterocycles. The Balaban J connectivity index is 1.82. The van der Waals surface area contributed by atoms with Crippen LogP contribution in [0.5, 0.6) is 0 Å². The Morgan fingerprint density at radius 1 is 1.37 bits per heavy atom. The van der Waals surface area contributed by atoms with Crippen molar-refractivity contribution < 1.29 is 4.74 Å². The summed E-state index contributed by atoms with van der Waals surface area (Å²) >= 11 is 0. The van der Waals surface area contributed by atoms with Gasteiger partial charge < -0.3 is 20.7 Å². The number of hydrogen-bond donors (Lipinski definition) is 2. The van der Waals surface area contributed by atoms with Gasteiger partial charge in [-0.2, -0.15) is 0 Å². The van der Waals surface area contributed by atoms with Crippen LogP contribution in [0.2, 0.25) is 0 Å². The number of ether oxygens (including phenoxy) is 1. The molecule has 0 spiro atoms. The van der Waals surface area contributed by atoms with Crippen LogP contribution in [0.1, 0.15) is 32.1 Å². The van der Waals surface area contributed by atoms with Crippen LogP contribution in [0.4, 0.5) is 0 Å². The standard InChI is InChI=1S/C14H28N4O/c1-18(2)14(6-8-19-9-7-14)11-17-13(15)16-10-12-4-3-5-12/h12H,3-11H2,1-2H3,(H3,15,16,17). The molecule has 2 fully saturated rings. The summed E-state index contributed by atoms with van der Waals surface area (Å²) in [5.74, 6) is 1.40. The zero-order valence-electron chi connectivity index (χ0n) is 12.3. The van der Waals surface area contributed by atoms with E-state index in [0.29, 0.717) is 5.96 Å². The Hall–Kier alpha value is -0.810. The highest BCUT2D eigenvalue weighted by Crippen LogP contribution is 2.26. The lowest BCUT2D eigenvalue weighted by Crippen LogP contribution is -2.51. The number of nitrogens with one attached hydrogen (secondary N) is 1. The van der Waals surface area contributed by atoms with Crippen molar-refractivity contribution in [2.24, 2.45) is 16.6 Å². The van der Waals surface area contributed by atoms with Crippen LogP contribution >= 0.6 is 0 Å². The smallest absolute Gasteiger partial charge is 0.188 e. The molecule has 0 bridgehead atoms. The summed E-state index contributed by atoms with van der Waals surface area (Å²) in [6.07, 6.45) is 6.09. The van der Waals surface area contributed by atoms with Crippen molar-refractivity contribution in [3.63, 3.8) is 0 Å². The van der Waals surface area contributed by atoms with Gasteiger partial charge in [-0.1, -0.05) is 6.42 Å². The maximum atomic E-state index is 5.97. The molecule has 1 aliphatic heterocycles. The van der Waals surface area contributed by atoms with E-state index in [9.17, 15) is 0 Å². The summed E-state index contributed by atoms with van der Waals surface area (Å²) in [7, 11) is 4.25. The number of nitrogens with two attached hydrogens (primary N) is 1. The van der Waals surface area contributed by atoms with Gasteiger partial charge >= 0.3 is 0 Å². The van der Waals surface area contributed by atoms with E-state index in [2.05, 4.69) is 29.3 Å². The summed E-state index contributed by atoms with van der Waals surface area (Å²) in [6.45, 7) is 3.38. The Bertz CT molecular complexity index is 307. The number of nitrogens with zero attached hydrogens (tertiary/aromatic N) is 2. The van der Waals surface area contributed by atoms with Gasteiger partial charge in [0.1, 0.15) is 0 Å². The number of guanidine groups is 1. The molecular formula is C14H28N4O. The largest absolute Gasteiger partial charge is 0.381 e. The molecule has 5 nitrogen and oxygen atoms in total. The molecule has 0 atom stereocenters. The van der Waals surface area contributed by atoms with Gasteiger partial charge in [-0.3, -0.25) is 4.99 Å². The van der Waals surface area contributed by atoms with Gasteiger partial charge in [0.2, 0.25) is 0 Å². The van der Waals surface area contributed by atoms with Crippen LogP contribution in [0.15, 0.2) is 4.99 Å². The van der Waals surface area contributed by atoms with E-state index < -0.39 is 0 Å². The first-order valence-electron chi connectivity index (χ1n) is 7.41. The molecule has 0 radical (unpaired) electrons. The Morgan fingerprint density at radius 3 is 2.58 bits per heavy atom. The third kappa shape index (κ3) is 3.83. The number of aliphatic imine (C=N–C) groups is 1. The molecule has 2 rings (SSSR count). The SMILES string of the molecule is CN(C)C1(CN=C(N)NCC2CCC2)CCOCC1. The summed E-state index contributed by atoms with van der Waals surface area (Å²) < 4.78 is 5.46. The molecule has 19 heavy (non-hydrogen) atoms. The molecule has 1 heterocycles. The van der Waals surface area contributed by atoms with Crippen molar-refractivity contribution in [2.75, 3.05) is 40.4 Å². The Morgan fingerprint density at radius 2 is 2.05 bits per heavy atom. The quantitative estimate of drug-likeness (QED) is 0.572. The molecule has 1 aliphatic carbocycles. The first-order valence-corrected chi connectivity index (χ1v) is 7.41. The molecule has 1 saturated heterocycles. The molecule has 3 N–H and O–H groups in total. The van der Waals surface area contributed by atoms with Gasteiger partial charge in [0.05, 0.1) is 6.54 Å². The van der Waals surface area contributed by atoms with Crippen molar-refractivity contribution in [3.05, 3.63) is 0 Å². The molecule has 0 aromatic carbocycles. The average Bonchev–Trinajstić information content (AvgIpc) is 2.35. The van der Waals surface area contributed by atoms with E-state index in [1.807, 2.05) is 0 Å². The predicted octanol–water partition coefficient (Wildman–Crippen LogP) is 0.802. The molecule has 0 aromatic rings. The third-order valence-corrected chi connectivity index (χ3v) is 4.71. The second kappa shape index (κ2) is 6.57. The van der Waals surface area contributed by atoms with Crippen LogP contribution < -0.4 is 11.1 Å². The van der Waals surface area contributed by atoms with Crippen molar-refractivity contribution in [1.82, 2.24) is 10.2 Å². The van der Waals surface area contributed by atoms with Crippen LogP contribution in [0, 0.1) is 5.92 Å². The van der Waals surface area contributed by atoms with Crippen molar-refractivity contribution >= 4 is 5.96 Å². The monoisotopic (exact) mass is 268 g/mol. The first-order chi connectivity index (χ1) is 9.12. The van der Waals surface area contributed by atoms with Gasteiger partial charge in [-0.15, -0.1) is 0 Å². The van der Waals surface area contributed by atoms with E-state index in [0.717, 1.165) is 45.1 Å². The fraction of sp³-hybridized carbons (Fsp3) is 0.929. The zero-order valence-corrected chi connectivity index (χ0v) is 12.3. The van der Waals surface area contributed by atoms with Gasteiger partial charge in [0.15, 0.2) is 5.96 Å². The van der Waals surface area contributed by atoms with Crippen molar-refractivity contribution in [1.29, 1.82) is 0 Å². The van der Waals surface area contributed by atoms with Crippen LogP contribution in [0.3, 0.4) is 0 Å². The minimum atomic E-state index is 0.112. The minimum Gasteiger partial charge on any atom is -0.381 e. The lowest BCUT2D eigenvalue weighted by molar-refractivity contribution is -0.00252. The second-order valence-electron chi connectivity index (χ2n) is 6.11. The maximum Gasteiger partial charge on any atom is 0.188 e. The molecule has 1 saturated carbocycles. The average molecular weight is 268 g/mol. The second-order valence-corrected chi connectivity index (χ2v) is 6.11. The van der Waals surface area contributed by atoms with Gasteiger partial charge in [-0.05, 0) is 45.7 Å². The van der Waals surface area contributed by atoms with Crippen LogP contribution in [0.25, 0.3) is 0 Å². The number of hydrogen-bond acceptors (Lipinski definition) is 3. The lowest BCUT2D eigenvalue weighted by Gasteiger charge is -2.41. The number of likely N-dealkylation sites (N-methyl/N-ethyl adjacent to an activating group) is 1. The fourth-order valence-corrected chi connectivity index (χ4v) is 2.73.